The van der Waals surface area contributed by atoms with Crippen LogP contribution in [-0.2, 0) is 4.74 Å². The molecule has 0 radical (unpaired) electrons. The third-order valence-corrected chi connectivity index (χ3v) is 3.89. The van der Waals surface area contributed by atoms with E-state index in [1.165, 1.54) is 36.3 Å². The molecule has 0 aliphatic carbocycles. The van der Waals surface area contributed by atoms with E-state index in [0.29, 0.717) is 37.2 Å². The first kappa shape index (κ1) is 18.3. The van der Waals surface area contributed by atoms with Gasteiger partial charge in [-0.3, -0.25) is 9.69 Å². The van der Waals surface area contributed by atoms with Crippen LogP contribution >= 0.6 is 0 Å². The van der Waals surface area contributed by atoms with E-state index in [4.69, 9.17) is 0 Å². The Morgan fingerprint density at radius 3 is 2.46 bits per heavy atom. The molecule has 1 N–H and O–H groups in total. The smallest absolute Gasteiger partial charge is 0.401 e. The molecule has 1 aromatic carbocycles. The van der Waals surface area contributed by atoms with Gasteiger partial charge in [0.05, 0.1) is 19.2 Å². The highest BCUT2D eigenvalue weighted by molar-refractivity contribution is 5.96. The van der Waals surface area contributed by atoms with Crippen molar-refractivity contribution in [3.8, 4) is 0 Å². The van der Waals surface area contributed by atoms with E-state index < -0.39 is 18.7 Å². The molecule has 2 rings (SSSR count). The van der Waals surface area contributed by atoms with Gasteiger partial charge >= 0.3 is 12.1 Å². The van der Waals surface area contributed by atoms with Gasteiger partial charge in [0.25, 0.3) is 5.91 Å². The molecule has 1 aliphatic heterocycles. The molecule has 1 unspecified atom stereocenters. The molecule has 1 fully saturated rings. The van der Waals surface area contributed by atoms with Crippen LogP contribution in [0, 0.1) is 5.92 Å². The topological polar surface area (TPSA) is 58.6 Å². The van der Waals surface area contributed by atoms with Crippen molar-refractivity contribution in [1.29, 1.82) is 0 Å². The first-order valence-corrected chi connectivity index (χ1v) is 7.54. The van der Waals surface area contributed by atoms with Gasteiger partial charge in [-0.25, -0.2) is 4.79 Å². The lowest BCUT2D eigenvalue weighted by atomic mass is 10.1. The number of likely N-dealkylation sites (tertiary alicyclic amines) is 1. The molecule has 1 atom stereocenters. The van der Waals surface area contributed by atoms with Crippen LogP contribution in [-0.4, -0.2) is 56.2 Å². The zero-order valence-corrected chi connectivity index (χ0v) is 13.2. The number of carbonyl (C=O) groups excluding carboxylic acids is 2. The van der Waals surface area contributed by atoms with Crippen molar-refractivity contribution in [2.75, 3.05) is 33.3 Å². The van der Waals surface area contributed by atoms with Crippen LogP contribution < -0.4 is 5.32 Å². The molecule has 1 amide bonds. The molecular formula is C16H19F3N2O3. The number of halogens is 3. The maximum atomic E-state index is 12.3. The number of amides is 1. The number of methoxy groups -OCH3 is 1. The van der Waals surface area contributed by atoms with E-state index in [0.717, 1.165) is 0 Å². The molecule has 1 saturated heterocycles. The number of carbonyl (C=O) groups is 2. The Hall–Kier alpha value is -2.09. The molecule has 0 bridgehead atoms. The zero-order valence-electron chi connectivity index (χ0n) is 13.2. The van der Waals surface area contributed by atoms with Crippen LogP contribution in [0.4, 0.5) is 13.2 Å². The summed E-state index contributed by atoms with van der Waals surface area (Å²) in [4.78, 5) is 24.7. The van der Waals surface area contributed by atoms with Gasteiger partial charge < -0.3 is 10.1 Å². The highest BCUT2D eigenvalue weighted by Crippen LogP contribution is 2.22. The number of esters is 1. The largest absolute Gasteiger partial charge is 0.465 e. The fourth-order valence-electron chi connectivity index (χ4n) is 2.69. The number of nitrogens with one attached hydrogen (secondary N) is 1. The lowest BCUT2D eigenvalue weighted by molar-refractivity contribution is -0.143. The molecule has 5 nitrogen and oxygen atoms in total. The Bertz CT molecular complexity index is 587. The minimum atomic E-state index is -4.19. The van der Waals surface area contributed by atoms with Crippen molar-refractivity contribution < 1.29 is 27.5 Å². The normalized spacial score (nSPS) is 18.4. The number of hydrogen-bond acceptors (Lipinski definition) is 4. The summed E-state index contributed by atoms with van der Waals surface area (Å²) in [5, 5.41) is 2.72. The molecule has 132 valence electrons. The summed E-state index contributed by atoms with van der Waals surface area (Å²) >= 11 is 0. The number of alkyl halides is 3. The van der Waals surface area contributed by atoms with Gasteiger partial charge in [0.2, 0.25) is 0 Å². The Kier molecular flexibility index (Phi) is 5.82. The predicted octanol–water partition coefficient (Wildman–Crippen LogP) is 2.09. The van der Waals surface area contributed by atoms with E-state index in [2.05, 4.69) is 10.1 Å². The lowest BCUT2D eigenvalue weighted by Crippen LogP contribution is -2.34. The van der Waals surface area contributed by atoms with E-state index in [1.807, 2.05) is 0 Å². The Balaban J connectivity index is 1.80. The fraction of sp³-hybridized carbons (Fsp3) is 0.500. The molecular weight excluding hydrogens is 325 g/mol. The summed E-state index contributed by atoms with van der Waals surface area (Å²) in [5.74, 6) is -0.802. The summed E-state index contributed by atoms with van der Waals surface area (Å²) in [6, 6.07) is 5.99. The quantitative estimate of drug-likeness (QED) is 0.831. The van der Waals surface area contributed by atoms with Crippen LogP contribution in [0.3, 0.4) is 0 Å². The SMILES string of the molecule is COC(=O)c1ccc(C(=O)NCC2CCN(CC(F)(F)F)C2)cc1. The molecule has 0 saturated carbocycles. The molecule has 1 aliphatic rings. The predicted molar refractivity (Wildman–Crippen MR) is 80.7 cm³/mol. The van der Waals surface area contributed by atoms with Gasteiger partial charge in [0.15, 0.2) is 0 Å². The zero-order chi connectivity index (χ0) is 17.7. The lowest BCUT2D eigenvalue weighted by Gasteiger charge is -2.18. The Labute approximate surface area is 137 Å². The van der Waals surface area contributed by atoms with Crippen molar-refractivity contribution in [3.05, 3.63) is 35.4 Å². The van der Waals surface area contributed by atoms with Gasteiger partial charge in [0.1, 0.15) is 0 Å². The second-order valence-electron chi connectivity index (χ2n) is 5.78. The van der Waals surface area contributed by atoms with Gasteiger partial charge in [-0.05, 0) is 43.1 Å². The standard InChI is InChI=1S/C16H19F3N2O3/c1-24-15(23)13-4-2-12(3-5-13)14(22)20-8-11-6-7-21(9-11)10-16(17,18)19/h2-5,11H,6-10H2,1H3,(H,20,22). The van der Waals surface area contributed by atoms with Crippen LogP contribution in [0.1, 0.15) is 27.1 Å². The Morgan fingerprint density at radius 1 is 1.25 bits per heavy atom. The minimum absolute atomic E-state index is 0.00522. The first-order valence-electron chi connectivity index (χ1n) is 7.54. The molecule has 1 heterocycles. The Morgan fingerprint density at radius 2 is 1.88 bits per heavy atom. The maximum absolute atomic E-state index is 12.3. The highest BCUT2D eigenvalue weighted by Gasteiger charge is 2.34. The van der Waals surface area contributed by atoms with Gasteiger partial charge in [-0.2, -0.15) is 13.2 Å². The number of rotatable bonds is 5. The summed E-state index contributed by atoms with van der Waals surface area (Å²) in [5.41, 5.74) is 0.723. The van der Waals surface area contributed by atoms with Gasteiger partial charge in [-0.15, -0.1) is 0 Å². The third-order valence-electron chi connectivity index (χ3n) is 3.89. The first-order chi connectivity index (χ1) is 11.3. The molecule has 8 heteroatoms. The van der Waals surface area contributed by atoms with E-state index in [1.54, 1.807) is 0 Å². The van der Waals surface area contributed by atoms with E-state index in [9.17, 15) is 22.8 Å². The molecule has 0 spiro atoms. The van der Waals surface area contributed by atoms with Gasteiger partial charge in [0, 0.05) is 18.7 Å². The molecule has 24 heavy (non-hydrogen) atoms. The van der Waals surface area contributed by atoms with Crippen molar-refractivity contribution in [2.24, 2.45) is 5.92 Å². The van der Waals surface area contributed by atoms with Crippen molar-refractivity contribution in [1.82, 2.24) is 10.2 Å². The van der Waals surface area contributed by atoms with Crippen LogP contribution in [0.25, 0.3) is 0 Å². The number of hydrogen-bond donors (Lipinski definition) is 1. The van der Waals surface area contributed by atoms with Crippen molar-refractivity contribution >= 4 is 11.9 Å². The average Bonchev–Trinajstić information content (AvgIpc) is 2.97. The molecule has 1 aromatic rings. The minimum Gasteiger partial charge on any atom is -0.465 e. The van der Waals surface area contributed by atoms with Gasteiger partial charge in [-0.1, -0.05) is 0 Å². The number of nitrogens with zero attached hydrogens (tertiary/aromatic N) is 1. The average molecular weight is 344 g/mol. The summed E-state index contributed by atoms with van der Waals surface area (Å²) in [7, 11) is 1.27. The second-order valence-corrected chi connectivity index (χ2v) is 5.78. The summed E-state index contributed by atoms with van der Waals surface area (Å²) < 4.78 is 41.6. The van der Waals surface area contributed by atoms with E-state index in [-0.39, 0.29) is 11.8 Å². The third kappa shape index (κ3) is 5.23. The fourth-order valence-corrected chi connectivity index (χ4v) is 2.69. The maximum Gasteiger partial charge on any atom is 0.401 e. The summed E-state index contributed by atoms with van der Waals surface area (Å²) in [6.07, 6.45) is -3.57. The van der Waals surface area contributed by atoms with Crippen molar-refractivity contribution in [3.63, 3.8) is 0 Å². The highest BCUT2D eigenvalue weighted by atomic mass is 19.4. The van der Waals surface area contributed by atoms with Crippen LogP contribution in [0.5, 0.6) is 0 Å². The van der Waals surface area contributed by atoms with Crippen LogP contribution in [0.15, 0.2) is 24.3 Å². The second kappa shape index (κ2) is 7.65. The summed E-state index contributed by atoms with van der Waals surface area (Å²) in [6.45, 7) is 0.118. The monoisotopic (exact) mass is 344 g/mol. The number of ether oxygens (including phenoxy) is 1. The van der Waals surface area contributed by atoms with Crippen molar-refractivity contribution in [2.45, 2.75) is 12.6 Å². The van der Waals surface area contributed by atoms with E-state index >= 15 is 0 Å². The number of benzene rings is 1. The molecule has 0 aromatic heterocycles. The van der Waals surface area contributed by atoms with Crippen LogP contribution in [0.2, 0.25) is 0 Å².